The van der Waals surface area contributed by atoms with E-state index in [2.05, 4.69) is 9.71 Å². The molecule has 5 nitrogen and oxygen atoms in total. The van der Waals surface area contributed by atoms with Gasteiger partial charge in [0.25, 0.3) is 10.0 Å². The van der Waals surface area contributed by atoms with E-state index in [0.29, 0.717) is 34.1 Å². The number of halogens is 2. The summed E-state index contributed by atoms with van der Waals surface area (Å²) in [5.41, 5.74) is 2.01. The van der Waals surface area contributed by atoms with Crippen molar-refractivity contribution >= 4 is 49.7 Å². The van der Waals surface area contributed by atoms with Crippen molar-refractivity contribution in [3.63, 3.8) is 0 Å². The molecule has 1 unspecified atom stereocenters. The van der Waals surface area contributed by atoms with E-state index in [0.717, 1.165) is 5.56 Å². The summed E-state index contributed by atoms with van der Waals surface area (Å²) in [6.07, 6.45) is 0.0853. The Kier molecular flexibility index (Phi) is 6.62. The zero-order chi connectivity index (χ0) is 20.3. The van der Waals surface area contributed by atoms with Gasteiger partial charge < -0.3 is 5.11 Å². The number of thiazole rings is 1. The molecular weight excluding hydrogens is 439 g/mol. The Morgan fingerprint density at radius 1 is 1.18 bits per heavy atom. The minimum Gasteiger partial charge on any atom is -0.392 e. The van der Waals surface area contributed by atoms with Crippen LogP contribution in [0, 0.1) is 6.92 Å². The quantitative estimate of drug-likeness (QED) is 0.539. The maximum atomic E-state index is 12.6. The lowest BCUT2D eigenvalue weighted by Gasteiger charge is -2.10. The van der Waals surface area contributed by atoms with Crippen LogP contribution in [0.2, 0.25) is 10.0 Å². The Labute approximate surface area is 178 Å². The smallest absolute Gasteiger partial charge is 0.263 e. The van der Waals surface area contributed by atoms with Gasteiger partial charge in [-0.3, -0.25) is 4.72 Å². The minimum absolute atomic E-state index is 0.109. The normalized spacial score (nSPS) is 12.7. The van der Waals surface area contributed by atoms with Gasteiger partial charge in [-0.15, -0.1) is 11.3 Å². The fourth-order valence-electron chi connectivity index (χ4n) is 2.75. The van der Waals surface area contributed by atoms with E-state index in [4.69, 9.17) is 23.2 Å². The van der Waals surface area contributed by atoms with E-state index in [9.17, 15) is 13.5 Å². The Morgan fingerprint density at radius 3 is 2.68 bits per heavy atom. The molecule has 1 heterocycles. The van der Waals surface area contributed by atoms with Crippen molar-refractivity contribution in [1.29, 1.82) is 0 Å². The van der Waals surface area contributed by atoms with Gasteiger partial charge in [0.1, 0.15) is 0 Å². The van der Waals surface area contributed by atoms with Gasteiger partial charge in [-0.2, -0.15) is 0 Å². The Hall–Kier alpha value is -1.64. The summed E-state index contributed by atoms with van der Waals surface area (Å²) in [4.78, 5) is 4.39. The van der Waals surface area contributed by atoms with Crippen molar-refractivity contribution < 1.29 is 13.5 Å². The highest BCUT2D eigenvalue weighted by Crippen LogP contribution is 2.26. The van der Waals surface area contributed by atoms with Crippen LogP contribution in [0.25, 0.3) is 0 Å². The maximum Gasteiger partial charge on any atom is 0.263 e. The van der Waals surface area contributed by atoms with Crippen molar-refractivity contribution in [3.8, 4) is 0 Å². The van der Waals surface area contributed by atoms with Gasteiger partial charge in [-0.05, 0) is 48.7 Å². The predicted molar refractivity (Wildman–Crippen MR) is 114 cm³/mol. The van der Waals surface area contributed by atoms with E-state index < -0.39 is 16.1 Å². The van der Waals surface area contributed by atoms with Crippen LogP contribution in [0.15, 0.2) is 52.7 Å². The number of hydrogen-bond donors (Lipinski definition) is 2. The lowest BCUT2D eigenvalue weighted by Crippen LogP contribution is -2.15. The third-order valence-corrected chi connectivity index (χ3v) is 7.15. The third-order valence-electron chi connectivity index (χ3n) is 4.09. The lowest BCUT2D eigenvalue weighted by atomic mass is 10.0. The molecule has 0 radical (unpaired) electrons. The fraction of sp³-hybridized carbons (Fsp3) is 0.211. The van der Waals surface area contributed by atoms with Gasteiger partial charge in [0.2, 0.25) is 0 Å². The molecule has 0 amide bonds. The van der Waals surface area contributed by atoms with Crippen molar-refractivity contribution in [2.24, 2.45) is 0 Å². The molecule has 0 bridgehead atoms. The molecular formula is C19H18Cl2N2O3S2. The van der Waals surface area contributed by atoms with Gasteiger partial charge in [0.15, 0.2) is 5.13 Å². The number of benzene rings is 2. The van der Waals surface area contributed by atoms with E-state index in [1.807, 2.05) is 12.1 Å². The molecule has 0 fully saturated rings. The van der Waals surface area contributed by atoms with Crippen LogP contribution in [0.3, 0.4) is 0 Å². The lowest BCUT2D eigenvalue weighted by molar-refractivity contribution is 0.174. The summed E-state index contributed by atoms with van der Waals surface area (Å²) in [5.74, 6) is 0. The number of aliphatic hydroxyl groups excluding tert-OH is 1. The van der Waals surface area contributed by atoms with Crippen LogP contribution in [-0.2, 0) is 22.9 Å². The average Bonchev–Trinajstić information content (AvgIpc) is 3.03. The van der Waals surface area contributed by atoms with Gasteiger partial charge in [-0.25, -0.2) is 13.4 Å². The first-order valence-electron chi connectivity index (χ1n) is 8.39. The highest BCUT2D eigenvalue weighted by molar-refractivity contribution is 7.93. The number of nitrogens with one attached hydrogen (secondary N) is 1. The standard InChI is InChI=1S/C19H18Cl2N2O3S2/c1-12-17(21)6-3-7-18(12)28(25,26)23-19-22-15(11-27-19)10-16(24)9-13-4-2-5-14(20)8-13/h2-8,11,16,24H,9-10H2,1H3,(H,22,23). The van der Waals surface area contributed by atoms with Crippen molar-refractivity contribution in [2.75, 3.05) is 4.72 Å². The fourth-order valence-corrected chi connectivity index (χ4v) is 5.43. The van der Waals surface area contributed by atoms with Crippen LogP contribution in [0.1, 0.15) is 16.8 Å². The van der Waals surface area contributed by atoms with E-state index >= 15 is 0 Å². The molecule has 2 aromatic carbocycles. The molecule has 1 atom stereocenters. The van der Waals surface area contributed by atoms with Crippen LogP contribution in [-0.4, -0.2) is 24.6 Å². The van der Waals surface area contributed by atoms with Crippen molar-refractivity contribution in [1.82, 2.24) is 4.98 Å². The SMILES string of the molecule is Cc1c(Cl)cccc1S(=O)(=O)Nc1nc(CC(O)Cc2cccc(Cl)c2)cs1. The van der Waals surface area contributed by atoms with Crippen LogP contribution >= 0.6 is 34.5 Å². The summed E-state index contributed by atoms with van der Waals surface area (Å²) >= 11 is 13.1. The average molecular weight is 457 g/mol. The first-order valence-corrected chi connectivity index (χ1v) is 11.5. The number of hydrogen-bond acceptors (Lipinski definition) is 5. The summed E-state index contributed by atoms with van der Waals surface area (Å²) in [7, 11) is -3.80. The number of rotatable bonds is 7. The molecule has 2 N–H and O–H groups in total. The first-order chi connectivity index (χ1) is 13.2. The second kappa shape index (κ2) is 8.80. The number of anilines is 1. The summed E-state index contributed by atoms with van der Waals surface area (Å²) in [5, 5.41) is 13.3. The topological polar surface area (TPSA) is 79.3 Å². The van der Waals surface area contributed by atoms with Crippen molar-refractivity contribution in [2.45, 2.75) is 30.8 Å². The number of aliphatic hydroxyl groups is 1. The van der Waals surface area contributed by atoms with Gasteiger partial charge in [-0.1, -0.05) is 41.4 Å². The molecule has 3 rings (SSSR count). The summed E-state index contributed by atoms with van der Waals surface area (Å²) < 4.78 is 27.7. The first kappa shape index (κ1) is 21.1. The Balaban J connectivity index is 1.67. The minimum atomic E-state index is -3.80. The molecule has 0 aliphatic heterocycles. The molecule has 1 aromatic heterocycles. The van der Waals surface area contributed by atoms with Gasteiger partial charge >= 0.3 is 0 Å². The highest BCUT2D eigenvalue weighted by atomic mass is 35.5. The summed E-state index contributed by atoms with van der Waals surface area (Å²) in [6, 6.07) is 12.0. The molecule has 0 aliphatic carbocycles. The second-order valence-electron chi connectivity index (χ2n) is 6.30. The largest absolute Gasteiger partial charge is 0.392 e. The van der Waals surface area contributed by atoms with Crippen molar-refractivity contribution in [3.05, 3.63) is 74.7 Å². The molecule has 148 valence electrons. The van der Waals surface area contributed by atoms with E-state index in [1.165, 1.54) is 17.4 Å². The van der Waals surface area contributed by atoms with E-state index in [1.54, 1.807) is 36.6 Å². The van der Waals surface area contributed by atoms with Crippen LogP contribution in [0.4, 0.5) is 5.13 Å². The molecule has 3 aromatic rings. The Morgan fingerprint density at radius 2 is 1.93 bits per heavy atom. The molecule has 0 spiro atoms. The molecule has 28 heavy (non-hydrogen) atoms. The molecule has 9 heteroatoms. The third kappa shape index (κ3) is 5.24. The number of sulfonamides is 1. The van der Waals surface area contributed by atoms with Crippen LogP contribution in [0.5, 0.6) is 0 Å². The number of nitrogens with zero attached hydrogens (tertiary/aromatic N) is 1. The van der Waals surface area contributed by atoms with E-state index in [-0.39, 0.29) is 10.0 Å². The predicted octanol–water partition coefficient (Wildman–Crippen LogP) is 4.71. The van der Waals surface area contributed by atoms with Gasteiger partial charge in [0, 0.05) is 21.8 Å². The number of aromatic nitrogens is 1. The maximum absolute atomic E-state index is 12.6. The Bertz CT molecular complexity index is 1080. The second-order valence-corrected chi connectivity index (χ2v) is 9.66. The van der Waals surface area contributed by atoms with Gasteiger partial charge in [0.05, 0.1) is 16.7 Å². The molecule has 0 aliphatic rings. The molecule has 0 saturated carbocycles. The highest BCUT2D eigenvalue weighted by Gasteiger charge is 2.20. The molecule has 0 saturated heterocycles. The summed E-state index contributed by atoms with van der Waals surface area (Å²) in [6.45, 7) is 1.65. The monoisotopic (exact) mass is 456 g/mol. The van der Waals surface area contributed by atoms with Crippen LogP contribution < -0.4 is 4.72 Å². The zero-order valence-corrected chi connectivity index (χ0v) is 18.0. The zero-order valence-electron chi connectivity index (χ0n) is 14.9.